The van der Waals surface area contributed by atoms with Crippen molar-refractivity contribution in [2.24, 2.45) is 0 Å². The number of halogens is 1. The van der Waals surface area contributed by atoms with Crippen LogP contribution in [0.25, 0.3) is 16.9 Å². The van der Waals surface area contributed by atoms with Crippen LogP contribution in [0.4, 0.5) is 0 Å². The third-order valence-electron chi connectivity index (χ3n) is 4.68. The predicted octanol–water partition coefficient (Wildman–Crippen LogP) is 4.07. The number of amides is 2. The van der Waals surface area contributed by atoms with Crippen molar-refractivity contribution in [3.8, 4) is 16.9 Å². The van der Waals surface area contributed by atoms with Gasteiger partial charge in [0.1, 0.15) is 0 Å². The summed E-state index contributed by atoms with van der Waals surface area (Å²) in [6, 6.07) is 17.3. The Labute approximate surface area is 181 Å². The van der Waals surface area contributed by atoms with Crippen LogP contribution in [-0.2, 0) is 16.1 Å². The predicted molar refractivity (Wildman–Crippen MR) is 118 cm³/mol. The van der Waals surface area contributed by atoms with Crippen LogP contribution in [0.5, 0.6) is 0 Å². The topological polar surface area (TPSA) is 67.2 Å². The standard InChI is InChI=1S/C23H25ClN4O2/c1-3-7-21(29)25-14-22(30)27(2)15-18-16-28(20-8-5-4-6-9-20)26-23(18)17-10-12-19(24)13-11-17/h4-6,8-13,16H,3,7,14-15H2,1-2H3,(H,25,29). The Bertz CT molecular complexity index is 1000. The quantitative estimate of drug-likeness (QED) is 0.592. The zero-order chi connectivity index (χ0) is 21.5. The van der Waals surface area contributed by atoms with Crippen LogP contribution < -0.4 is 5.32 Å². The van der Waals surface area contributed by atoms with Crippen molar-refractivity contribution in [1.29, 1.82) is 0 Å². The van der Waals surface area contributed by atoms with Gasteiger partial charge in [0, 0.05) is 42.4 Å². The third-order valence-corrected chi connectivity index (χ3v) is 4.93. The molecule has 0 aliphatic carbocycles. The van der Waals surface area contributed by atoms with Crippen molar-refractivity contribution in [2.75, 3.05) is 13.6 Å². The van der Waals surface area contributed by atoms with Gasteiger partial charge in [-0.2, -0.15) is 5.10 Å². The summed E-state index contributed by atoms with van der Waals surface area (Å²) in [6.07, 6.45) is 3.10. The van der Waals surface area contributed by atoms with Gasteiger partial charge in [-0.05, 0) is 30.7 Å². The van der Waals surface area contributed by atoms with E-state index in [-0.39, 0.29) is 18.4 Å². The van der Waals surface area contributed by atoms with Crippen molar-refractivity contribution in [1.82, 2.24) is 20.0 Å². The zero-order valence-electron chi connectivity index (χ0n) is 17.1. The summed E-state index contributed by atoms with van der Waals surface area (Å²) in [5.41, 5.74) is 3.53. The number of rotatable bonds is 8. The number of hydrogen-bond acceptors (Lipinski definition) is 3. The van der Waals surface area contributed by atoms with E-state index in [1.807, 2.05) is 67.7 Å². The second kappa shape index (κ2) is 10.1. The monoisotopic (exact) mass is 424 g/mol. The van der Waals surface area contributed by atoms with Crippen molar-refractivity contribution < 1.29 is 9.59 Å². The Morgan fingerprint density at radius 3 is 2.47 bits per heavy atom. The van der Waals surface area contributed by atoms with Crippen molar-refractivity contribution in [3.05, 3.63) is 71.4 Å². The van der Waals surface area contributed by atoms with Gasteiger partial charge >= 0.3 is 0 Å². The molecule has 0 saturated heterocycles. The molecule has 1 heterocycles. The molecule has 0 aliphatic rings. The molecule has 3 aromatic rings. The number of nitrogens with one attached hydrogen (secondary N) is 1. The van der Waals surface area contributed by atoms with E-state index in [0.29, 0.717) is 18.0 Å². The van der Waals surface area contributed by atoms with Crippen molar-refractivity contribution in [2.45, 2.75) is 26.3 Å². The molecular weight excluding hydrogens is 400 g/mol. The van der Waals surface area contributed by atoms with E-state index >= 15 is 0 Å². The Morgan fingerprint density at radius 1 is 1.10 bits per heavy atom. The van der Waals surface area contributed by atoms with Crippen LogP contribution in [0.2, 0.25) is 5.02 Å². The first-order chi connectivity index (χ1) is 14.5. The third kappa shape index (κ3) is 5.48. The minimum Gasteiger partial charge on any atom is -0.347 e. The van der Waals surface area contributed by atoms with Gasteiger partial charge in [0.25, 0.3) is 0 Å². The van der Waals surface area contributed by atoms with Crippen LogP contribution in [-0.4, -0.2) is 40.1 Å². The summed E-state index contributed by atoms with van der Waals surface area (Å²) < 4.78 is 1.81. The maximum absolute atomic E-state index is 12.5. The SMILES string of the molecule is CCCC(=O)NCC(=O)N(C)Cc1cn(-c2ccccc2)nc1-c1ccc(Cl)cc1. The minimum absolute atomic E-state index is 0.0154. The molecule has 2 aromatic carbocycles. The maximum atomic E-state index is 12.5. The Morgan fingerprint density at radius 2 is 1.80 bits per heavy atom. The molecule has 0 spiro atoms. The molecule has 156 valence electrons. The molecule has 30 heavy (non-hydrogen) atoms. The lowest BCUT2D eigenvalue weighted by Crippen LogP contribution is -2.37. The summed E-state index contributed by atoms with van der Waals surface area (Å²) in [7, 11) is 1.72. The van der Waals surface area contributed by atoms with E-state index in [1.165, 1.54) is 0 Å². The summed E-state index contributed by atoms with van der Waals surface area (Å²) in [5.74, 6) is -0.271. The smallest absolute Gasteiger partial charge is 0.242 e. The summed E-state index contributed by atoms with van der Waals surface area (Å²) in [6.45, 7) is 2.28. The normalized spacial score (nSPS) is 10.6. The number of carbonyl (C=O) groups excluding carboxylic acids is 2. The van der Waals surface area contributed by atoms with Crippen LogP contribution in [0.1, 0.15) is 25.3 Å². The number of para-hydroxylation sites is 1. The number of carbonyl (C=O) groups is 2. The first-order valence-corrected chi connectivity index (χ1v) is 10.3. The van der Waals surface area contributed by atoms with Crippen LogP contribution in [0.3, 0.4) is 0 Å². The number of likely N-dealkylation sites (N-methyl/N-ethyl adjacent to an activating group) is 1. The fourth-order valence-corrected chi connectivity index (χ4v) is 3.18. The molecule has 0 radical (unpaired) electrons. The molecular formula is C23H25ClN4O2. The van der Waals surface area contributed by atoms with E-state index in [2.05, 4.69) is 5.32 Å². The van der Waals surface area contributed by atoms with E-state index < -0.39 is 0 Å². The van der Waals surface area contributed by atoms with Gasteiger partial charge in [0.15, 0.2) is 0 Å². The Kier molecular flexibility index (Phi) is 7.25. The van der Waals surface area contributed by atoms with E-state index in [4.69, 9.17) is 16.7 Å². The molecule has 0 saturated carbocycles. The molecule has 7 heteroatoms. The van der Waals surface area contributed by atoms with Gasteiger partial charge in [0.05, 0.1) is 17.9 Å². The molecule has 0 aliphatic heterocycles. The highest BCUT2D eigenvalue weighted by molar-refractivity contribution is 6.30. The number of hydrogen-bond donors (Lipinski definition) is 1. The lowest BCUT2D eigenvalue weighted by atomic mass is 10.1. The summed E-state index contributed by atoms with van der Waals surface area (Å²) in [4.78, 5) is 25.7. The number of benzene rings is 2. The fraction of sp³-hybridized carbons (Fsp3) is 0.261. The largest absolute Gasteiger partial charge is 0.347 e. The Hall–Kier alpha value is -3.12. The summed E-state index contributed by atoms with van der Waals surface area (Å²) >= 11 is 6.04. The average molecular weight is 425 g/mol. The van der Waals surface area contributed by atoms with Gasteiger partial charge < -0.3 is 10.2 Å². The van der Waals surface area contributed by atoms with Crippen molar-refractivity contribution in [3.63, 3.8) is 0 Å². The molecule has 2 amide bonds. The average Bonchev–Trinajstić information content (AvgIpc) is 3.17. The Balaban J connectivity index is 1.83. The second-order valence-electron chi connectivity index (χ2n) is 7.07. The lowest BCUT2D eigenvalue weighted by molar-refractivity contribution is -0.132. The molecule has 0 unspecified atom stereocenters. The van der Waals surface area contributed by atoms with Gasteiger partial charge in [-0.25, -0.2) is 4.68 Å². The zero-order valence-corrected chi connectivity index (χ0v) is 17.9. The van der Waals surface area contributed by atoms with E-state index in [1.54, 1.807) is 16.6 Å². The molecule has 0 bridgehead atoms. The number of nitrogens with zero attached hydrogens (tertiary/aromatic N) is 3. The highest BCUT2D eigenvalue weighted by Gasteiger charge is 2.17. The molecule has 1 N–H and O–H groups in total. The highest BCUT2D eigenvalue weighted by Crippen LogP contribution is 2.26. The van der Waals surface area contributed by atoms with Gasteiger partial charge in [0.2, 0.25) is 11.8 Å². The first kappa shape index (κ1) is 21.6. The molecule has 6 nitrogen and oxygen atoms in total. The summed E-state index contributed by atoms with van der Waals surface area (Å²) in [5, 5.41) is 8.08. The molecule has 0 fully saturated rings. The lowest BCUT2D eigenvalue weighted by Gasteiger charge is -2.17. The maximum Gasteiger partial charge on any atom is 0.242 e. The van der Waals surface area contributed by atoms with Crippen LogP contribution in [0.15, 0.2) is 60.8 Å². The fourth-order valence-electron chi connectivity index (χ4n) is 3.06. The minimum atomic E-state index is -0.158. The van der Waals surface area contributed by atoms with Crippen molar-refractivity contribution >= 4 is 23.4 Å². The molecule has 1 aromatic heterocycles. The van der Waals surface area contributed by atoms with Crippen LogP contribution >= 0.6 is 11.6 Å². The van der Waals surface area contributed by atoms with E-state index in [9.17, 15) is 9.59 Å². The van der Waals surface area contributed by atoms with Gasteiger partial charge in [-0.15, -0.1) is 0 Å². The van der Waals surface area contributed by atoms with Crippen LogP contribution in [0, 0.1) is 0 Å². The molecule has 3 rings (SSSR count). The van der Waals surface area contributed by atoms with Gasteiger partial charge in [-0.1, -0.05) is 48.9 Å². The first-order valence-electron chi connectivity index (χ1n) is 9.88. The highest BCUT2D eigenvalue weighted by atomic mass is 35.5. The van der Waals surface area contributed by atoms with E-state index in [0.717, 1.165) is 28.9 Å². The molecule has 0 atom stereocenters. The second-order valence-corrected chi connectivity index (χ2v) is 7.50. The number of aromatic nitrogens is 2. The van der Waals surface area contributed by atoms with Gasteiger partial charge in [-0.3, -0.25) is 9.59 Å².